The number of ether oxygens (including phenoxy) is 2. The Morgan fingerprint density at radius 2 is 1.71 bits per heavy atom. The van der Waals surface area contributed by atoms with Crippen LogP contribution in [0.4, 0.5) is 10.5 Å². The van der Waals surface area contributed by atoms with Gasteiger partial charge in [-0.25, -0.2) is 14.6 Å². The van der Waals surface area contributed by atoms with Crippen molar-refractivity contribution >= 4 is 34.6 Å². The fourth-order valence-corrected chi connectivity index (χ4v) is 8.43. The van der Waals surface area contributed by atoms with Crippen molar-refractivity contribution in [3.05, 3.63) is 116 Å². The molecule has 0 saturated carbocycles. The van der Waals surface area contributed by atoms with Gasteiger partial charge in [0.1, 0.15) is 12.6 Å². The fraction of sp³-hybridized carbons (Fsp3) is 0.293. The Bertz CT molecular complexity index is 2430. The maximum Gasteiger partial charge on any atom is 0.411 e. The van der Waals surface area contributed by atoms with Gasteiger partial charge in [0.05, 0.1) is 29.0 Å². The van der Waals surface area contributed by atoms with Crippen LogP contribution in [0.2, 0.25) is 0 Å². The van der Waals surface area contributed by atoms with E-state index in [1.54, 1.807) is 31.5 Å². The summed E-state index contributed by atoms with van der Waals surface area (Å²) in [5, 5.41) is 15.3. The maximum absolute atomic E-state index is 13.8. The number of fused-ring (bicyclic) bond motifs is 8. The van der Waals surface area contributed by atoms with Crippen LogP contribution in [0.25, 0.3) is 33.4 Å². The summed E-state index contributed by atoms with van der Waals surface area (Å²) in [7, 11) is 1.57. The zero-order valence-electron chi connectivity index (χ0n) is 29.0. The van der Waals surface area contributed by atoms with Crippen LogP contribution in [0.5, 0.6) is 0 Å². The first-order valence-electron chi connectivity index (χ1n) is 17.7. The number of carbonyl (C=O) groups excluding carboxylic acids is 3. The Morgan fingerprint density at radius 1 is 1.02 bits per heavy atom. The number of hydrogen-bond donors (Lipinski definition) is 2. The Morgan fingerprint density at radius 3 is 2.42 bits per heavy atom. The minimum Gasteiger partial charge on any atom is -0.458 e. The second-order valence-electron chi connectivity index (χ2n) is 14.1. The highest BCUT2D eigenvalue weighted by molar-refractivity contribution is 6.01. The highest BCUT2D eigenvalue weighted by atomic mass is 16.6. The summed E-state index contributed by atoms with van der Waals surface area (Å²) in [6.45, 7) is 3.48. The van der Waals surface area contributed by atoms with Crippen LogP contribution in [0, 0.1) is 0 Å². The second kappa shape index (κ2) is 11.6. The summed E-state index contributed by atoms with van der Waals surface area (Å²) in [6.07, 6.45) is 1.21. The summed E-state index contributed by atoms with van der Waals surface area (Å²) in [5.74, 6) is -1.11. The molecule has 2 aliphatic heterocycles. The lowest BCUT2D eigenvalue weighted by atomic mass is 9.85. The number of aliphatic hydroxyl groups is 1. The van der Waals surface area contributed by atoms with Gasteiger partial charge in [-0.2, -0.15) is 0 Å². The third-order valence-corrected chi connectivity index (χ3v) is 11.4. The zero-order chi connectivity index (χ0) is 36.1. The second-order valence-corrected chi connectivity index (χ2v) is 14.1. The van der Waals surface area contributed by atoms with Gasteiger partial charge in [-0.15, -0.1) is 0 Å². The lowest BCUT2D eigenvalue weighted by Crippen LogP contribution is -2.44. The van der Waals surface area contributed by atoms with Crippen molar-refractivity contribution in [2.24, 2.45) is 0 Å². The standard InChI is InChI=1S/C41H36N4O7/c1-4-41(50)30-18-33-35-28(19-45(33)38(47)29(30)20-51-39(41)48)24-14-9-15-27-31(16-17-32(42-35)34(24)27)43-37(46)21(2)44(3)40(49)52-36-25-12-7-5-10-22(25)23-11-6-8-13-26(23)36/h5-8,10-13,16-18,21,36,50H,4,9,14-15,19-20H2,1-3H3,(H,43,46)/t21-,41-/m0/s1. The van der Waals surface area contributed by atoms with E-state index in [2.05, 4.69) is 5.32 Å². The van der Waals surface area contributed by atoms with Crippen molar-refractivity contribution in [2.75, 3.05) is 12.4 Å². The first kappa shape index (κ1) is 32.1. The minimum absolute atomic E-state index is 0.0714. The van der Waals surface area contributed by atoms with Crippen molar-refractivity contribution in [3.8, 4) is 22.5 Å². The predicted octanol–water partition coefficient (Wildman–Crippen LogP) is 5.73. The molecule has 11 nitrogen and oxygen atoms in total. The Labute approximate surface area is 298 Å². The fourth-order valence-electron chi connectivity index (χ4n) is 8.43. The number of esters is 1. The Kier molecular flexibility index (Phi) is 7.17. The number of nitrogens with zero attached hydrogens (tertiary/aromatic N) is 3. The van der Waals surface area contributed by atoms with Gasteiger partial charge < -0.3 is 24.5 Å². The van der Waals surface area contributed by atoms with E-state index in [-0.39, 0.29) is 35.6 Å². The largest absolute Gasteiger partial charge is 0.458 e. The molecule has 0 fully saturated rings. The van der Waals surface area contributed by atoms with Gasteiger partial charge in [-0.05, 0) is 73.1 Å². The monoisotopic (exact) mass is 696 g/mol. The number of nitrogens with one attached hydrogen (secondary N) is 1. The van der Waals surface area contributed by atoms with E-state index >= 15 is 0 Å². The molecule has 3 aromatic carbocycles. The Balaban J connectivity index is 1.00. The first-order chi connectivity index (χ1) is 25.1. The molecule has 2 atom stereocenters. The molecule has 11 heteroatoms. The highest BCUT2D eigenvalue weighted by Crippen LogP contribution is 2.46. The number of anilines is 1. The van der Waals surface area contributed by atoms with Crippen molar-refractivity contribution in [1.82, 2.24) is 14.5 Å². The molecular formula is C41H36N4O7. The molecule has 0 unspecified atom stereocenters. The van der Waals surface area contributed by atoms with Crippen LogP contribution in [-0.2, 0) is 50.7 Å². The van der Waals surface area contributed by atoms with Crippen molar-refractivity contribution in [1.29, 1.82) is 0 Å². The highest BCUT2D eigenvalue weighted by Gasteiger charge is 2.45. The van der Waals surface area contributed by atoms with Gasteiger partial charge in [0.2, 0.25) is 5.91 Å². The molecule has 0 saturated heterocycles. The predicted molar refractivity (Wildman–Crippen MR) is 193 cm³/mol. The summed E-state index contributed by atoms with van der Waals surface area (Å²) in [6, 6.07) is 20.3. The van der Waals surface area contributed by atoms with E-state index < -0.39 is 29.8 Å². The molecule has 2 aromatic heterocycles. The van der Waals surface area contributed by atoms with Gasteiger partial charge in [-0.3, -0.25) is 14.5 Å². The quantitative estimate of drug-likeness (QED) is 0.218. The molecule has 9 rings (SSSR count). The smallest absolute Gasteiger partial charge is 0.411 e. The van der Waals surface area contributed by atoms with Crippen LogP contribution < -0.4 is 10.9 Å². The SMILES string of the molecule is CC[C@@]1(O)C(=O)OCc2c1cc1n(c2=O)Cc2c-1nc1ccc(NC(=O)[C@H](C)N(C)C(=O)OC3c4ccccc4-c4ccccc43)c3c1c2CCC3. The zero-order valence-corrected chi connectivity index (χ0v) is 29.0. The van der Waals surface area contributed by atoms with E-state index in [0.717, 1.165) is 69.1 Å². The molecule has 4 aliphatic rings. The number of rotatable bonds is 5. The average Bonchev–Trinajstić information content (AvgIpc) is 3.70. The molecule has 262 valence electrons. The summed E-state index contributed by atoms with van der Waals surface area (Å²) >= 11 is 0. The summed E-state index contributed by atoms with van der Waals surface area (Å²) < 4.78 is 12.9. The van der Waals surface area contributed by atoms with Gasteiger partial charge in [0.15, 0.2) is 11.7 Å². The number of likely N-dealkylation sites (N-methyl/N-ethyl adjacent to an activating group) is 1. The number of amides is 2. The molecule has 0 radical (unpaired) electrons. The number of aromatic nitrogens is 2. The number of pyridine rings is 2. The van der Waals surface area contributed by atoms with Gasteiger partial charge in [-0.1, -0.05) is 55.5 Å². The third-order valence-electron chi connectivity index (χ3n) is 11.4. The third kappa shape index (κ3) is 4.51. The van der Waals surface area contributed by atoms with Crippen LogP contribution >= 0.6 is 0 Å². The number of benzene rings is 3. The molecule has 2 N–H and O–H groups in total. The van der Waals surface area contributed by atoms with E-state index in [1.807, 2.05) is 60.7 Å². The lowest BCUT2D eigenvalue weighted by Gasteiger charge is -2.31. The van der Waals surface area contributed by atoms with E-state index in [0.29, 0.717) is 23.6 Å². The van der Waals surface area contributed by atoms with E-state index in [9.17, 15) is 24.3 Å². The van der Waals surface area contributed by atoms with E-state index in [1.165, 1.54) is 4.90 Å². The molecule has 0 spiro atoms. The topological polar surface area (TPSA) is 140 Å². The molecule has 0 bridgehead atoms. The van der Waals surface area contributed by atoms with Crippen molar-refractivity contribution in [2.45, 2.75) is 70.4 Å². The maximum atomic E-state index is 13.8. The molecule has 4 heterocycles. The first-order valence-corrected chi connectivity index (χ1v) is 17.7. The van der Waals surface area contributed by atoms with Crippen LogP contribution in [0.15, 0.2) is 71.5 Å². The molecule has 5 aromatic rings. The number of aryl methyl sites for hydroxylation is 2. The van der Waals surface area contributed by atoms with Crippen LogP contribution in [0.3, 0.4) is 0 Å². The number of cyclic esters (lactones) is 1. The molecule has 2 aliphatic carbocycles. The minimum atomic E-state index is -1.90. The van der Waals surface area contributed by atoms with Gasteiger partial charge >= 0.3 is 12.1 Å². The summed E-state index contributed by atoms with van der Waals surface area (Å²) in [4.78, 5) is 59.9. The lowest BCUT2D eigenvalue weighted by molar-refractivity contribution is -0.172. The van der Waals surface area contributed by atoms with Crippen molar-refractivity contribution < 1.29 is 29.0 Å². The summed E-state index contributed by atoms with van der Waals surface area (Å²) in [5.41, 5.74) is 7.80. The van der Waals surface area contributed by atoms with Gasteiger partial charge in [0.25, 0.3) is 5.56 Å². The molecular weight excluding hydrogens is 660 g/mol. The number of hydrogen-bond acceptors (Lipinski definition) is 8. The van der Waals surface area contributed by atoms with E-state index in [4.69, 9.17) is 14.5 Å². The Hall–Kier alpha value is -5.81. The number of carbonyl (C=O) groups is 3. The van der Waals surface area contributed by atoms with Gasteiger partial charge in [0, 0.05) is 40.4 Å². The molecule has 2 amide bonds. The van der Waals surface area contributed by atoms with Crippen LogP contribution in [-0.4, -0.2) is 50.6 Å². The normalized spacial score (nSPS) is 18.4. The molecule has 52 heavy (non-hydrogen) atoms. The van der Waals surface area contributed by atoms with Crippen LogP contribution in [0.1, 0.15) is 71.7 Å². The van der Waals surface area contributed by atoms with Crippen molar-refractivity contribution in [3.63, 3.8) is 0 Å². The average molecular weight is 697 g/mol.